The maximum atomic E-state index is 11.0. The summed E-state index contributed by atoms with van der Waals surface area (Å²) in [5, 5.41) is 18.6. The molecule has 162 valence electrons. The number of hydrogen-bond acceptors (Lipinski definition) is 8. The van der Waals surface area contributed by atoms with Gasteiger partial charge in [-0.1, -0.05) is 24.3 Å². The Bertz CT molecular complexity index is 1050. The number of fused-ring (bicyclic) bond motifs is 1. The fraction of sp³-hybridized carbons (Fsp3) is 0.227. The van der Waals surface area contributed by atoms with Gasteiger partial charge in [-0.3, -0.25) is 0 Å². The Morgan fingerprint density at radius 3 is 2.52 bits per heavy atom. The summed E-state index contributed by atoms with van der Waals surface area (Å²) in [5.41, 5.74) is 6.58. The molecule has 0 atom stereocenters. The van der Waals surface area contributed by atoms with Crippen LogP contribution in [0.15, 0.2) is 55.0 Å². The molecule has 9 nitrogen and oxygen atoms in total. The summed E-state index contributed by atoms with van der Waals surface area (Å²) in [6.07, 6.45) is 2.40. The van der Waals surface area contributed by atoms with Crippen LogP contribution >= 0.6 is 0 Å². The fourth-order valence-electron chi connectivity index (χ4n) is 2.65. The molecule has 9 heteroatoms. The third-order valence-electron chi connectivity index (χ3n) is 4.36. The Labute approximate surface area is 179 Å². The van der Waals surface area contributed by atoms with E-state index in [0.29, 0.717) is 23.8 Å². The maximum absolute atomic E-state index is 11.0. The quantitative estimate of drug-likeness (QED) is 0.563. The summed E-state index contributed by atoms with van der Waals surface area (Å²) < 4.78 is 15.8. The van der Waals surface area contributed by atoms with Gasteiger partial charge in [0.2, 0.25) is 12.7 Å². The number of carboxylic acids is 1. The molecule has 0 amide bonds. The summed E-state index contributed by atoms with van der Waals surface area (Å²) >= 11 is 0. The van der Waals surface area contributed by atoms with Crippen LogP contribution in [0.1, 0.15) is 35.3 Å². The van der Waals surface area contributed by atoms with Crippen LogP contribution in [-0.2, 0) is 12.1 Å². The molecular formula is C22H23N3O6. The molecule has 0 radical (unpaired) electrons. The normalized spacial score (nSPS) is 12.0. The average Bonchev–Trinajstić information content (AvgIpc) is 3.22. The minimum absolute atomic E-state index is 0.0265. The number of rotatable bonds is 5. The number of ether oxygens (including phenoxy) is 3. The van der Waals surface area contributed by atoms with Gasteiger partial charge in [-0.05, 0) is 37.1 Å². The van der Waals surface area contributed by atoms with Gasteiger partial charge in [0.05, 0.1) is 5.60 Å². The van der Waals surface area contributed by atoms with Gasteiger partial charge in [0.1, 0.15) is 17.6 Å². The highest BCUT2D eigenvalue weighted by atomic mass is 16.7. The molecule has 1 aromatic heterocycles. The lowest BCUT2D eigenvalue weighted by molar-refractivity contribution is 0.0692. The van der Waals surface area contributed by atoms with Crippen molar-refractivity contribution in [3.8, 4) is 23.1 Å². The van der Waals surface area contributed by atoms with E-state index >= 15 is 0 Å². The molecule has 0 unspecified atom stereocenters. The first-order valence-electron chi connectivity index (χ1n) is 9.40. The molecule has 31 heavy (non-hydrogen) atoms. The Balaban J connectivity index is 0.000000196. The van der Waals surface area contributed by atoms with Crippen LogP contribution in [0, 0.1) is 0 Å². The van der Waals surface area contributed by atoms with E-state index in [0.717, 1.165) is 11.1 Å². The van der Waals surface area contributed by atoms with Crippen molar-refractivity contribution in [2.75, 3.05) is 6.79 Å². The molecule has 1 aliphatic rings. The summed E-state index contributed by atoms with van der Waals surface area (Å²) in [4.78, 5) is 18.4. The molecule has 0 fully saturated rings. The van der Waals surface area contributed by atoms with Gasteiger partial charge < -0.3 is 30.2 Å². The van der Waals surface area contributed by atoms with Gasteiger partial charge in [-0.15, -0.1) is 0 Å². The zero-order chi connectivity index (χ0) is 22.4. The lowest BCUT2D eigenvalue weighted by Gasteiger charge is -2.17. The SMILES string of the molecule is CC(C)(O)c1ccc(CN)cc1.O=C(O)c1cncnc1Oc1ccc2c(c1)OCO2. The molecule has 0 saturated heterocycles. The predicted octanol–water partition coefficient (Wildman–Crippen LogP) is 3.07. The highest BCUT2D eigenvalue weighted by molar-refractivity contribution is 5.89. The van der Waals surface area contributed by atoms with Crippen LogP contribution in [0.5, 0.6) is 23.1 Å². The van der Waals surface area contributed by atoms with Crippen molar-refractivity contribution in [3.63, 3.8) is 0 Å². The van der Waals surface area contributed by atoms with Crippen molar-refractivity contribution < 1.29 is 29.2 Å². The molecule has 1 aliphatic heterocycles. The third-order valence-corrected chi connectivity index (χ3v) is 4.36. The first kappa shape index (κ1) is 22.0. The third kappa shape index (κ3) is 5.68. The topological polar surface area (TPSA) is 137 Å². The first-order valence-corrected chi connectivity index (χ1v) is 9.40. The molecule has 0 aliphatic carbocycles. The maximum Gasteiger partial charge on any atom is 0.342 e. The van der Waals surface area contributed by atoms with E-state index in [4.69, 9.17) is 25.1 Å². The number of nitrogens with two attached hydrogens (primary N) is 1. The van der Waals surface area contributed by atoms with Crippen LogP contribution in [0.25, 0.3) is 0 Å². The number of benzene rings is 2. The van der Waals surface area contributed by atoms with E-state index < -0.39 is 11.6 Å². The Kier molecular flexibility index (Phi) is 6.68. The molecule has 0 spiro atoms. The van der Waals surface area contributed by atoms with Gasteiger partial charge in [0.25, 0.3) is 0 Å². The highest BCUT2D eigenvalue weighted by Gasteiger charge is 2.17. The second kappa shape index (κ2) is 9.41. The van der Waals surface area contributed by atoms with Crippen molar-refractivity contribution in [2.24, 2.45) is 5.73 Å². The smallest absolute Gasteiger partial charge is 0.342 e. The zero-order valence-corrected chi connectivity index (χ0v) is 17.1. The monoisotopic (exact) mass is 425 g/mol. The minimum Gasteiger partial charge on any atom is -0.477 e. The van der Waals surface area contributed by atoms with Gasteiger partial charge >= 0.3 is 5.97 Å². The Morgan fingerprint density at radius 1 is 1.16 bits per heavy atom. The standard InChI is InChI=1S/C12H8N2O5.C10H15NO/c15-12(16)8-4-13-5-14-11(8)19-7-1-2-9-10(3-7)18-6-17-9;1-10(2,12)9-5-3-8(7-11)4-6-9/h1-5H,6H2,(H,15,16);3-6,12H,7,11H2,1-2H3. The van der Waals surface area contributed by atoms with E-state index in [1.807, 2.05) is 24.3 Å². The molecule has 3 aromatic rings. The van der Waals surface area contributed by atoms with E-state index in [-0.39, 0.29) is 18.2 Å². The molecular weight excluding hydrogens is 402 g/mol. The number of carboxylic acid groups (broad SMARTS) is 1. The van der Waals surface area contributed by atoms with Crippen molar-refractivity contribution in [2.45, 2.75) is 26.0 Å². The molecule has 4 rings (SSSR count). The molecule has 0 bridgehead atoms. The van der Waals surface area contributed by atoms with Gasteiger partial charge in [0.15, 0.2) is 11.5 Å². The summed E-state index contributed by atoms with van der Waals surface area (Å²) in [6, 6.07) is 12.6. The van der Waals surface area contributed by atoms with Crippen LogP contribution in [0.3, 0.4) is 0 Å². The van der Waals surface area contributed by atoms with E-state index in [2.05, 4.69) is 9.97 Å². The first-order chi connectivity index (χ1) is 14.8. The minimum atomic E-state index is -1.16. The van der Waals surface area contributed by atoms with Gasteiger partial charge in [-0.2, -0.15) is 0 Å². The summed E-state index contributed by atoms with van der Waals surface area (Å²) in [7, 11) is 0. The highest BCUT2D eigenvalue weighted by Crippen LogP contribution is 2.36. The molecule has 4 N–H and O–H groups in total. The lowest BCUT2D eigenvalue weighted by atomic mass is 9.97. The van der Waals surface area contributed by atoms with Gasteiger partial charge in [0, 0.05) is 18.8 Å². The zero-order valence-electron chi connectivity index (χ0n) is 17.1. The number of aliphatic hydroxyl groups is 1. The summed E-state index contributed by atoms with van der Waals surface area (Å²) in [6.45, 7) is 4.24. The van der Waals surface area contributed by atoms with Crippen LogP contribution in [-0.4, -0.2) is 32.9 Å². The van der Waals surface area contributed by atoms with Crippen molar-refractivity contribution in [1.29, 1.82) is 0 Å². The van der Waals surface area contributed by atoms with Crippen LogP contribution in [0.2, 0.25) is 0 Å². The van der Waals surface area contributed by atoms with Crippen LogP contribution in [0.4, 0.5) is 0 Å². The molecule has 2 heterocycles. The van der Waals surface area contributed by atoms with E-state index in [1.165, 1.54) is 12.5 Å². The van der Waals surface area contributed by atoms with Crippen molar-refractivity contribution in [1.82, 2.24) is 9.97 Å². The average molecular weight is 425 g/mol. The fourth-order valence-corrected chi connectivity index (χ4v) is 2.65. The molecule has 2 aromatic carbocycles. The second-order valence-corrected chi connectivity index (χ2v) is 7.12. The van der Waals surface area contributed by atoms with Crippen molar-refractivity contribution >= 4 is 5.97 Å². The van der Waals surface area contributed by atoms with E-state index in [1.54, 1.807) is 32.0 Å². The largest absolute Gasteiger partial charge is 0.477 e. The number of carbonyl (C=O) groups is 1. The Hall–Kier alpha value is -3.69. The predicted molar refractivity (Wildman–Crippen MR) is 111 cm³/mol. The van der Waals surface area contributed by atoms with Crippen LogP contribution < -0.4 is 19.9 Å². The van der Waals surface area contributed by atoms with Gasteiger partial charge in [-0.25, -0.2) is 14.8 Å². The number of hydrogen-bond donors (Lipinski definition) is 3. The number of aromatic nitrogens is 2. The Morgan fingerprint density at radius 2 is 1.87 bits per heavy atom. The second-order valence-electron chi connectivity index (χ2n) is 7.12. The summed E-state index contributed by atoms with van der Waals surface area (Å²) in [5.74, 6) is 0.389. The van der Waals surface area contributed by atoms with E-state index in [9.17, 15) is 9.90 Å². The number of nitrogens with zero attached hydrogens (tertiary/aromatic N) is 2. The van der Waals surface area contributed by atoms with Crippen molar-refractivity contribution in [3.05, 3.63) is 71.7 Å². The number of aromatic carboxylic acids is 1. The lowest BCUT2D eigenvalue weighted by Crippen LogP contribution is -2.15. The molecule has 0 saturated carbocycles.